The molecule has 1 aliphatic heterocycles. The van der Waals surface area contributed by atoms with E-state index in [-0.39, 0.29) is 11.3 Å². The number of hydrogen-bond acceptors (Lipinski definition) is 2. The summed E-state index contributed by atoms with van der Waals surface area (Å²) >= 11 is 0. The summed E-state index contributed by atoms with van der Waals surface area (Å²) in [7, 11) is 0. The molecule has 1 aliphatic rings. The predicted molar refractivity (Wildman–Crippen MR) is 63.6 cm³/mol. The van der Waals surface area contributed by atoms with Gasteiger partial charge in [0.2, 0.25) is 5.91 Å². The molecule has 1 heterocycles. The fraction of sp³-hybridized carbons (Fsp3) is 0.846. The molecule has 0 aromatic carbocycles. The molecule has 1 saturated heterocycles. The number of likely N-dealkylation sites (tertiary alicyclic amines) is 1. The van der Waals surface area contributed by atoms with Crippen LogP contribution in [0.15, 0.2) is 0 Å². The summed E-state index contributed by atoms with van der Waals surface area (Å²) in [5.41, 5.74) is -0.213. The molecule has 0 bridgehead atoms. The topological polar surface area (TPSA) is 44.1 Å². The van der Waals surface area contributed by atoms with Crippen molar-refractivity contribution in [3.8, 4) is 6.07 Å². The fourth-order valence-electron chi connectivity index (χ4n) is 1.93. The quantitative estimate of drug-likeness (QED) is 0.736. The van der Waals surface area contributed by atoms with Crippen LogP contribution in [0, 0.1) is 22.7 Å². The Morgan fingerprint density at radius 2 is 2.00 bits per heavy atom. The molecule has 0 unspecified atom stereocenters. The van der Waals surface area contributed by atoms with Crippen molar-refractivity contribution < 1.29 is 4.79 Å². The minimum atomic E-state index is -0.213. The molecule has 0 N–H and O–H groups in total. The highest BCUT2D eigenvalue weighted by molar-refractivity contribution is 5.76. The van der Waals surface area contributed by atoms with E-state index in [2.05, 4.69) is 19.9 Å². The SMILES string of the molecule is CC(C)CCC(=O)N1CCC(C)(C#N)CC1. The molecule has 16 heavy (non-hydrogen) atoms. The van der Waals surface area contributed by atoms with Crippen molar-refractivity contribution in [1.82, 2.24) is 4.90 Å². The second-order valence-corrected chi connectivity index (χ2v) is 5.49. The first-order valence-corrected chi connectivity index (χ1v) is 6.16. The summed E-state index contributed by atoms with van der Waals surface area (Å²) in [5.74, 6) is 0.840. The van der Waals surface area contributed by atoms with Gasteiger partial charge in [0.05, 0.1) is 11.5 Å². The smallest absolute Gasteiger partial charge is 0.222 e. The lowest BCUT2D eigenvalue weighted by molar-refractivity contribution is -0.133. The van der Waals surface area contributed by atoms with Crippen LogP contribution in [0.25, 0.3) is 0 Å². The molecule has 90 valence electrons. The van der Waals surface area contributed by atoms with Gasteiger partial charge in [-0.25, -0.2) is 0 Å². The second-order valence-electron chi connectivity index (χ2n) is 5.49. The molecule has 0 aromatic heterocycles. The van der Waals surface area contributed by atoms with Crippen LogP contribution in [-0.2, 0) is 4.79 Å². The molecule has 1 fully saturated rings. The van der Waals surface area contributed by atoms with Gasteiger partial charge in [0.1, 0.15) is 0 Å². The second kappa shape index (κ2) is 5.34. The monoisotopic (exact) mass is 222 g/mol. The summed E-state index contributed by atoms with van der Waals surface area (Å²) in [6.07, 6.45) is 3.25. The zero-order chi connectivity index (χ0) is 12.2. The highest BCUT2D eigenvalue weighted by atomic mass is 16.2. The zero-order valence-corrected chi connectivity index (χ0v) is 10.6. The molecule has 0 aromatic rings. The van der Waals surface area contributed by atoms with Crippen LogP contribution in [-0.4, -0.2) is 23.9 Å². The van der Waals surface area contributed by atoms with Gasteiger partial charge < -0.3 is 4.90 Å². The van der Waals surface area contributed by atoms with Crippen molar-refractivity contribution in [2.45, 2.75) is 46.5 Å². The van der Waals surface area contributed by atoms with Crippen molar-refractivity contribution in [1.29, 1.82) is 5.26 Å². The Morgan fingerprint density at radius 3 is 2.44 bits per heavy atom. The van der Waals surface area contributed by atoms with Crippen molar-refractivity contribution >= 4 is 5.91 Å². The average molecular weight is 222 g/mol. The summed E-state index contributed by atoms with van der Waals surface area (Å²) in [5, 5.41) is 9.00. The van der Waals surface area contributed by atoms with Gasteiger partial charge in [-0.2, -0.15) is 5.26 Å². The molecule has 1 amide bonds. The van der Waals surface area contributed by atoms with Gasteiger partial charge in [-0.15, -0.1) is 0 Å². The van der Waals surface area contributed by atoms with Crippen LogP contribution in [0.2, 0.25) is 0 Å². The van der Waals surface area contributed by atoms with Gasteiger partial charge in [0.15, 0.2) is 0 Å². The van der Waals surface area contributed by atoms with Crippen molar-refractivity contribution in [3.63, 3.8) is 0 Å². The highest BCUT2D eigenvalue weighted by Gasteiger charge is 2.31. The van der Waals surface area contributed by atoms with E-state index in [1.54, 1.807) is 0 Å². The van der Waals surface area contributed by atoms with Crippen LogP contribution < -0.4 is 0 Å². The van der Waals surface area contributed by atoms with E-state index in [4.69, 9.17) is 5.26 Å². The Labute approximate surface area is 98.4 Å². The molecular formula is C13H22N2O. The van der Waals surface area contributed by atoms with E-state index in [1.165, 1.54) is 0 Å². The highest BCUT2D eigenvalue weighted by Crippen LogP contribution is 2.30. The van der Waals surface area contributed by atoms with E-state index < -0.39 is 0 Å². The van der Waals surface area contributed by atoms with Crippen molar-refractivity contribution in [3.05, 3.63) is 0 Å². The minimum Gasteiger partial charge on any atom is -0.343 e. The number of carbonyl (C=O) groups is 1. The molecular weight excluding hydrogens is 200 g/mol. The number of amides is 1. The predicted octanol–water partition coefficient (Wildman–Crippen LogP) is 2.57. The van der Waals surface area contributed by atoms with Gasteiger partial charge >= 0.3 is 0 Å². The lowest BCUT2D eigenvalue weighted by Crippen LogP contribution is -2.41. The number of nitrogens with zero attached hydrogens (tertiary/aromatic N) is 2. The maximum absolute atomic E-state index is 11.8. The first-order chi connectivity index (χ1) is 7.47. The lowest BCUT2D eigenvalue weighted by atomic mass is 9.82. The van der Waals surface area contributed by atoms with E-state index >= 15 is 0 Å². The Hall–Kier alpha value is -1.04. The van der Waals surface area contributed by atoms with Crippen molar-refractivity contribution in [2.24, 2.45) is 11.3 Å². The number of nitriles is 1. The van der Waals surface area contributed by atoms with Gasteiger partial charge in [-0.1, -0.05) is 13.8 Å². The van der Waals surface area contributed by atoms with E-state index in [1.807, 2.05) is 11.8 Å². The van der Waals surface area contributed by atoms with Gasteiger partial charge in [-0.3, -0.25) is 4.79 Å². The third kappa shape index (κ3) is 3.52. The van der Waals surface area contributed by atoms with Gasteiger partial charge in [-0.05, 0) is 32.1 Å². The molecule has 1 rings (SSSR count). The van der Waals surface area contributed by atoms with E-state index in [0.717, 1.165) is 32.4 Å². The summed E-state index contributed by atoms with van der Waals surface area (Å²) in [6.45, 7) is 7.76. The number of carbonyl (C=O) groups excluding carboxylic acids is 1. The number of hydrogen-bond donors (Lipinski definition) is 0. The molecule has 3 heteroatoms. The Kier molecular flexibility index (Phi) is 4.35. The van der Waals surface area contributed by atoms with Gasteiger partial charge in [0, 0.05) is 19.5 Å². The maximum Gasteiger partial charge on any atom is 0.222 e. The largest absolute Gasteiger partial charge is 0.343 e. The molecule has 0 atom stereocenters. The third-order valence-corrected chi connectivity index (χ3v) is 3.43. The third-order valence-electron chi connectivity index (χ3n) is 3.43. The van der Waals surface area contributed by atoms with E-state index in [9.17, 15) is 4.79 Å². The average Bonchev–Trinajstić information content (AvgIpc) is 2.27. The van der Waals surface area contributed by atoms with Crippen LogP contribution in [0.4, 0.5) is 0 Å². The lowest BCUT2D eigenvalue weighted by Gasteiger charge is -2.35. The van der Waals surface area contributed by atoms with Crippen LogP contribution in [0.5, 0.6) is 0 Å². The number of piperidine rings is 1. The molecule has 0 aliphatic carbocycles. The van der Waals surface area contributed by atoms with Crippen LogP contribution in [0.1, 0.15) is 46.5 Å². The van der Waals surface area contributed by atoms with Gasteiger partial charge in [0.25, 0.3) is 0 Å². The maximum atomic E-state index is 11.8. The first-order valence-electron chi connectivity index (χ1n) is 6.16. The summed E-state index contributed by atoms with van der Waals surface area (Å²) in [6, 6.07) is 2.35. The molecule has 0 radical (unpaired) electrons. The molecule has 0 saturated carbocycles. The number of rotatable bonds is 3. The van der Waals surface area contributed by atoms with Crippen LogP contribution >= 0.6 is 0 Å². The summed E-state index contributed by atoms with van der Waals surface area (Å²) < 4.78 is 0. The Morgan fingerprint density at radius 1 is 1.44 bits per heavy atom. The first kappa shape index (κ1) is 13.0. The molecule has 0 spiro atoms. The minimum absolute atomic E-state index is 0.213. The van der Waals surface area contributed by atoms with Crippen molar-refractivity contribution in [2.75, 3.05) is 13.1 Å². The molecule has 3 nitrogen and oxygen atoms in total. The Bertz CT molecular complexity index is 283. The summed E-state index contributed by atoms with van der Waals surface area (Å²) in [4.78, 5) is 13.8. The van der Waals surface area contributed by atoms with Crippen LogP contribution in [0.3, 0.4) is 0 Å². The zero-order valence-electron chi connectivity index (χ0n) is 10.6. The normalized spacial score (nSPS) is 19.6. The Balaban J connectivity index is 2.37. The standard InChI is InChI=1S/C13H22N2O/c1-11(2)4-5-12(16)15-8-6-13(3,10-14)7-9-15/h11H,4-9H2,1-3H3. The fourth-order valence-corrected chi connectivity index (χ4v) is 1.93. The van der Waals surface area contributed by atoms with E-state index in [0.29, 0.717) is 12.3 Å².